The summed E-state index contributed by atoms with van der Waals surface area (Å²) in [7, 11) is -1.38. The van der Waals surface area contributed by atoms with Crippen molar-refractivity contribution >= 4 is 31.3 Å². The Kier molecular flexibility index (Phi) is 13.3. The molecular formula is C16H36MgN2Si. The molecule has 0 amide bonds. The van der Waals surface area contributed by atoms with Gasteiger partial charge in [-0.1, -0.05) is 53.6 Å². The number of rotatable bonds is 4. The van der Waals surface area contributed by atoms with E-state index in [1.807, 2.05) is 0 Å². The van der Waals surface area contributed by atoms with Gasteiger partial charge < -0.3 is 16.8 Å². The molecule has 0 atom stereocenters. The maximum atomic E-state index is 5.03. The first-order valence-corrected chi connectivity index (χ1v) is 11.1. The van der Waals surface area contributed by atoms with E-state index in [2.05, 4.69) is 52.6 Å². The summed E-state index contributed by atoms with van der Waals surface area (Å²) in [4.78, 5) is 7.66. The summed E-state index contributed by atoms with van der Waals surface area (Å²) in [5.74, 6) is 0. The Morgan fingerprint density at radius 1 is 1.10 bits per heavy atom. The minimum Gasteiger partial charge on any atom is -0.659 e. The monoisotopic (exact) mass is 308 g/mol. The Balaban J connectivity index is 0. The molecule has 0 N–H and O–H groups in total. The maximum absolute atomic E-state index is 5.03. The standard InChI is InChI=1S/C12H27N2Si.C4H9.Mg/c1-12(2,3)13-15(4,5)11-14-9-7-6-8-10-14;1-3-4-2;/h6-11H2,1-5H3;1,3-4H2,2H3;/q2*-1;+2. The minimum absolute atomic E-state index is 0. The molecule has 0 aromatic carbocycles. The Hall–Kier alpha value is 0.903. The van der Waals surface area contributed by atoms with Crippen molar-refractivity contribution in [1.82, 2.24) is 4.90 Å². The zero-order valence-electron chi connectivity index (χ0n) is 15.0. The van der Waals surface area contributed by atoms with Gasteiger partial charge >= 0.3 is 23.1 Å². The van der Waals surface area contributed by atoms with E-state index in [0.29, 0.717) is 0 Å². The van der Waals surface area contributed by atoms with Crippen LogP contribution in [0.5, 0.6) is 0 Å². The molecule has 0 unspecified atom stereocenters. The normalized spacial score (nSPS) is 16.9. The summed E-state index contributed by atoms with van der Waals surface area (Å²) in [6.45, 7) is 19.8. The Morgan fingerprint density at radius 2 is 1.55 bits per heavy atom. The fourth-order valence-corrected chi connectivity index (χ4v) is 5.91. The van der Waals surface area contributed by atoms with Gasteiger partial charge in [0.1, 0.15) is 0 Å². The largest absolute Gasteiger partial charge is 2.00 e. The van der Waals surface area contributed by atoms with Gasteiger partial charge in [-0.3, -0.25) is 0 Å². The van der Waals surface area contributed by atoms with E-state index in [4.69, 9.17) is 4.98 Å². The molecule has 0 aliphatic carbocycles. The Bertz CT molecular complexity index is 219. The molecule has 20 heavy (non-hydrogen) atoms. The molecule has 2 nitrogen and oxygen atoms in total. The van der Waals surface area contributed by atoms with Gasteiger partial charge in [-0.15, -0.1) is 5.54 Å². The summed E-state index contributed by atoms with van der Waals surface area (Å²) >= 11 is 0. The quantitative estimate of drug-likeness (QED) is 0.547. The summed E-state index contributed by atoms with van der Waals surface area (Å²) in [6, 6.07) is 0. The third-order valence-corrected chi connectivity index (χ3v) is 5.55. The number of hydrogen-bond acceptors (Lipinski definition) is 1. The molecule has 0 aromatic rings. The van der Waals surface area contributed by atoms with E-state index < -0.39 is 8.24 Å². The van der Waals surface area contributed by atoms with Crippen LogP contribution in [0.3, 0.4) is 0 Å². The molecule has 4 heteroatoms. The fourth-order valence-electron chi connectivity index (χ4n) is 2.61. The van der Waals surface area contributed by atoms with Crippen molar-refractivity contribution in [2.45, 2.75) is 78.4 Å². The van der Waals surface area contributed by atoms with Crippen molar-refractivity contribution in [3.63, 3.8) is 0 Å². The van der Waals surface area contributed by atoms with Gasteiger partial charge in [0.15, 0.2) is 0 Å². The predicted octanol–water partition coefficient (Wildman–Crippen LogP) is 4.63. The average Bonchev–Trinajstić information content (AvgIpc) is 2.26. The second-order valence-corrected chi connectivity index (χ2v) is 11.5. The Morgan fingerprint density at radius 3 is 1.90 bits per heavy atom. The molecule has 0 aromatic heterocycles. The van der Waals surface area contributed by atoms with Crippen LogP contribution in [0.4, 0.5) is 0 Å². The number of piperidine rings is 1. The first kappa shape index (κ1) is 23.2. The van der Waals surface area contributed by atoms with Crippen LogP contribution in [0.15, 0.2) is 0 Å². The van der Waals surface area contributed by atoms with Crippen molar-refractivity contribution in [2.24, 2.45) is 0 Å². The topological polar surface area (TPSA) is 17.3 Å². The maximum Gasteiger partial charge on any atom is 2.00 e. The number of nitrogens with zero attached hydrogens (tertiary/aromatic N) is 2. The van der Waals surface area contributed by atoms with Crippen molar-refractivity contribution in [3.05, 3.63) is 11.9 Å². The molecule has 1 rings (SSSR count). The SMILES string of the molecule is CC(C)(C)[N-][Si](C)(C)CN1CCCCC1.[CH2-]CCC.[Mg+2]. The fraction of sp³-hybridized carbons (Fsp3) is 0.938. The summed E-state index contributed by atoms with van der Waals surface area (Å²) in [5, 5.41) is 0. The molecule has 116 valence electrons. The molecule has 1 aliphatic rings. The van der Waals surface area contributed by atoms with Crippen molar-refractivity contribution in [3.8, 4) is 0 Å². The van der Waals surface area contributed by atoms with E-state index >= 15 is 0 Å². The molecule has 0 saturated carbocycles. The van der Waals surface area contributed by atoms with Gasteiger partial charge in [0.2, 0.25) is 0 Å². The second kappa shape index (κ2) is 11.5. The molecule has 1 fully saturated rings. The van der Waals surface area contributed by atoms with Crippen LogP contribution < -0.4 is 0 Å². The van der Waals surface area contributed by atoms with Crippen LogP contribution in [0, 0.1) is 6.92 Å². The molecule has 0 radical (unpaired) electrons. The van der Waals surface area contributed by atoms with Crippen LogP contribution >= 0.6 is 0 Å². The minimum atomic E-state index is -1.38. The molecule has 1 saturated heterocycles. The van der Waals surface area contributed by atoms with E-state index in [9.17, 15) is 0 Å². The van der Waals surface area contributed by atoms with Crippen LogP contribution in [0.25, 0.3) is 4.98 Å². The van der Waals surface area contributed by atoms with Crippen molar-refractivity contribution in [1.29, 1.82) is 0 Å². The Labute approximate surface area is 145 Å². The van der Waals surface area contributed by atoms with Gasteiger partial charge in [0.25, 0.3) is 0 Å². The molecule has 1 heterocycles. The zero-order valence-corrected chi connectivity index (χ0v) is 17.4. The van der Waals surface area contributed by atoms with E-state index in [-0.39, 0.29) is 28.6 Å². The average molecular weight is 309 g/mol. The third kappa shape index (κ3) is 13.9. The van der Waals surface area contributed by atoms with Gasteiger partial charge in [-0.25, -0.2) is 0 Å². The van der Waals surface area contributed by atoms with Crippen LogP contribution in [-0.2, 0) is 0 Å². The van der Waals surface area contributed by atoms with E-state index in [1.54, 1.807) is 0 Å². The van der Waals surface area contributed by atoms with Crippen LogP contribution in [0.1, 0.15) is 59.8 Å². The van der Waals surface area contributed by atoms with Gasteiger partial charge in [0.05, 0.1) is 0 Å². The second-order valence-electron chi connectivity index (χ2n) is 7.29. The smallest absolute Gasteiger partial charge is 0.659 e. The number of likely N-dealkylation sites (tertiary alicyclic amines) is 1. The third-order valence-electron chi connectivity index (χ3n) is 3.05. The predicted molar refractivity (Wildman–Crippen MR) is 96.9 cm³/mol. The van der Waals surface area contributed by atoms with Crippen LogP contribution in [-0.4, -0.2) is 61.0 Å². The van der Waals surface area contributed by atoms with E-state index in [0.717, 1.165) is 6.42 Å². The van der Waals surface area contributed by atoms with Crippen molar-refractivity contribution in [2.75, 3.05) is 19.3 Å². The van der Waals surface area contributed by atoms with Crippen molar-refractivity contribution < 1.29 is 0 Å². The summed E-state index contributed by atoms with van der Waals surface area (Å²) < 4.78 is 0. The number of unbranched alkanes of at least 4 members (excludes halogenated alkanes) is 1. The summed E-state index contributed by atoms with van der Waals surface area (Å²) in [6.07, 6.45) is 7.74. The molecule has 0 bridgehead atoms. The van der Waals surface area contributed by atoms with E-state index in [1.165, 1.54) is 44.9 Å². The van der Waals surface area contributed by atoms with Gasteiger partial charge in [-0.2, -0.15) is 6.42 Å². The van der Waals surface area contributed by atoms with Crippen LogP contribution in [0.2, 0.25) is 13.1 Å². The first-order valence-electron chi connectivity index (χ1n) is 7.96. The molecular weight excluding hydrogens is 273 g/mol. The molecule has 0 spiro atoms. The molecule has 1 aliphatic heterocycles. The van der Waals surface area contributed by atoms with Gasteiger partial charge in [0, 0.05) is 0 Å². The van der Waals surface area contributed by atoms with Gasteiger partial charge in [-0.05, 0) is 40.3 Å². The first-order chi connectivity index (χ1) is 8.70. The number of hydrogen-bond donors (Lipinski definition) is 0. The summed E-state index contributed by atoms with van der Waals surface area (Å²) in [5.41, 5.74) is 0.144. The zero-order chi connectivity index (χ0) is 14.9.